The Labute approximate surface area is 218 Å². The molecule has 7 heteroatoms. The van der Waals surface area contributed by atoms with Crippen LogP contribution in [0.5, 0.6) is 0 Å². The van der Waals surface area contributed by atoms with Crippen LogP contribution in [0.15, 0.2) is 65.4 Å². The van der Waals surface area contributed by atoms with Gasteiger partial charge < -0.3 is 9.97 Å². The fourth-order valence-electron chi connectivity index (χ4n) is 5.67. The summed E-state index contributed by atoms with van der Waals surface area (Å²) in [5, 5.41) is 2.29. The molecule has 0 aliphatic carbocycles. The number of imide groups is 1. The van der Waals surface area contributed by atoms with Crippen LogP contribution >= 0.6 is 15.9 Å². The van der Waals surface area contributed by atoms with Gasteiger partial charge in [0.15, 0.2) is 0 Å². The highest BCUT2D eigenvalue weighted by atomic mass is 79.9. The number of amides is 2. The van der Waals surface area contributed by atoms with E-state index in [0.717, 1.165) is 65.4 Å². The molecule has 184 valence electrons. The van der Waals surface area contributed by atoms with Crippen molar-refractivity contribution in [3.8, 4) is 0 Å². The number of carbonyl (C=O) groups excluding carboxylic acids is 2. The summed E-state index contributed by atoms with van der Waals surface area (Å²) in [6, 6.07) is 14.3. The van der Waals surface area contributed by atoms with E-state index in [2.05, 4.69) is 61.3 Å². The molecule has 4 heterocycles. The van der Waals surface area contributed by atoms with Gasteiger partial charge in [0.1, 0.15) is 0 Å². The van der Waals surface area contributed by atoms with E-state index >= 15 is 0 Å². The molecule has 6 rings (SSSR count). The summed E-state index contributed by atoms with van der Waals surface area (Å²) in [4.78, 5) is 36.3. The molecule has 2 aliphatic rings. The van der Waals surface area contributed by atoms with Crippen LogP contribution in [0.4, 0.5) is 0 Å². The maximum absolute atomic E-state index is 13.1. The zero-order valence-electron chi connectivity index (χ0n) is 20.1. The average molecular weight is 545 g/mol. The van der Waals surface area contributed by atoms with Crippen molar-refractivity contribution in [3.05, 3.63) is 76.5 Å². The standard InChI is InChI=1S/C29H29BrN4O2/c30-20-7-8-27-22(15-20)24(17-31-27)19-9-13-33(14-10-19)11-3-4-12-34-28(35)16-23(29(34)36)25-18-32-26-6-2-1-5-21(25)26/h1-2,5-9,15,17-18,23,31-32H,3-4,10-14,16H2. The van der Waals surface area contributed by atoms with Gasteiger partial charge in [0.2, 0.25) is 11.8 Å². The Hall–Kier alpha value is -3.16. The third kappa shape index (κ3) is 4.31. The summed E-state index contributed by atoms with van der Waals surface area (Å²) in [7, 11) is 0. The molecule has 2 N–H and O–H groups in total. The van der Waals surface area contributed by atoms with E-state index in [9.17, 15) is 9.59 Å². The topological polar surface area (TPSA) is 72.2 Å². The number of unbranched alkanes of at least 4 members (excludes halogenated alkanes) is 1. The fraction of sp³-hybridized carbons (Fsp3) is 0.310. The van der Waals surface area contributed by atoms with Crippen LogP contribution in [0.25, 0.3) is 27.4 Å². The quantitative estimate of drug-likeness (QED) is 0.227. The molecule has 2 aromatic heterocycles. The fourth-order valence-corrected chi connectivity index (χ4v) is 6.03. The highest BCUT2D eigenvalue weighted by Gasteiger charge is 2.40. The summed E-state index contributed by atoms with van der Waals surface area (Å²) in [6.07, 6.45) is 9.44. The van der Waals surface area contributed by atoms with Crippen molar-refractivity contribution in [3.63, 3.8) is 0 Å². The second-order valence-electron chi connectivity index (χ2n) is 9.81. The van der Waals surface area contributed by atoms with Crippen LogP contribution in [0, 0.1) is 0 Å². The second kappa shape index (κ2) is 9.71. The van der Waals surface area contributed by atoms with Gasteiger partial charge in [-0.05, 0) is 61.2 Å². The second-order valence-corrected chi connectivity index (χ2v) is 10.7. The first-order chi connectivity index (χ1) is 17.6. The monoisotopic (exact) mass is 544 g/mol. The first-order valence-corrected chi connectivity index (χ1v) is 13.5. The number of hydrogen-bond acceptors (Lipinski definition) is 3. The van der Waals surface area contributed by atoms with Crippen molar-refractivity contribution in [2.75, 3.05) is 26.2 Å². The lowest BCUT2D eigenvalue weighted by Gasteiger charge is -2.26. The van der Waals surface area contributed by atoms with Crippen molar-refractivity contribution >= 4 is 55.1 Å². The van der Waals surface area contributed by atoms with Crippen LogP contribution < -0.4 is 0 Å². The zero-order valence-corrected chi connectivity index (χ0v) is 21.7. The molecule has 1 fully saturated rings. The van der Waals surface area contributed by atoms with Gasteiger partial charge in [0.05, 0.1) is 5.92 Å². The van der Waals surface area contributed by atoms with Gasteiger partial charge in [-0.25, -0.2) is 0 Å². The van der Waals surface area contributed by atoms with E-state index in [1.165, 1.54) is 21.4 Å². The molecule has 0 spiro atoms. The van der Waals surface area contributed by atoms with Crippen molar-refractivity contribution in [2.45, 2.75) is 31.6 Å². The van der Waals surface area contributed by atoms with Crippen LogP contribution in [0.1, 0.15) is 42.7 Å². The number of nitrogens with zero attached hydrogens (tertiary/aromatic N) is 2. The first-order valence-electron chi connectivity index (χ1n) is 12.7. The Balaban J connectivity index is 1.01. The number of aromatic nitrogens is 2. The number of nitrogens with one attached hydrogen (secondary N) is 2. The highest BCUT2D eigenvalue weighted by molar-refractivity contribution is 9.10. The van der Waals surface area contributed by atoms with Crippen molar-refractivity contribution in [2.24, 2.45) is 0 Å². The normalized spacial score (nSPS) is 19.1. The number of benzene rings is 2. The van der Waals surface area contributed by atoms with Crippen LogP contribution in [-0.2, 0) is 9.59 Å². The molecular weight excluding hydrogens is 516 g/mol. The average Bonchev–Trinajstić information content (AvgIpc) is 3.58. The molecule has 2 amide bonds. The third-order valence-corrected chi connectivity index (χ3v) is 8.12. The van der Waals surface area contributed by atoms with E-state index in [0.29, 0.717) is 6.54 Å². The van der Waals surface area contributed by atoms with Gasteiger partial charge in [-0.15, -0.1) is 0 Å². The number of H-pyrrole nitrogens is 2. The maximum atomic E-state index is 13.1. The zero-order chi connectivity index (χ0) is 24.6. The van der Waals surface area contributed by atoms with E-state index in [-0.39, 0.29) is 24.2 Å². The number of aromatic amines is 2. The maximum Gasteiger partial charge on any atom is 0.237 e. The van der Waals surface area contributed by atoms with Gasteiger partial charge in [-0.2, -0.15) is 0 Å². The van der Waals surface area contributed by atoms with Crippen molar-refractivity contribution in [1.29, 1.82) is 0 Å². The predicted octanol–water partition coefficient (Wildman–Crippen LogP) is 5.82. The highest BCUT2D eigenvalue weighted by Crippen LogP contribution is 2.34. The molecule has 1 atom stereocenters. The predicted molar refractivity (Wildman–Crippen MR) is 147 cm³/mol. The van der Waals surface area contributed by atoms with Gasteiger partial charge >= 0.3 is 0 Å². The van der Waals surface area contributed by atoms with Crippen molar-refractivity contribution < 1.29 is 9.59 Å². The molecule has 1 saturated heterocycles. The molecule has 6 nitrogen and oxygen atoms in total. The Bertz CT molecular complexity index is 1480. The summed E-state index contributed by atoms with van der Waals surface area (Å²) in [6.45, 7) is 3.44. The minimum absolute atomic E-state index is 0.0498. The number of fused-ring (bicyclic) bond motifs is 2. The Morgan fingerprint density at radius 2 is 1.75 bits per heavy atom. The van der Waals surface area contributed by atoms with E-state index in [1.54, 1.807) is 0 Å². The first kappa shape index (κ1) is 23.3. The lowest BCUT2D eigenvalue weighted by molar-refractivity contribution is -0.138. The molecule has 0 radical (unpaired) electrons. The van der Waals surface area contributed by atoms with Crippen LogP contribution in [-0.4, -0.2) is 57.8 Å². The summed E-state index contributed by atoms with van der Waals surface area (Å²) >= 11 is 3.59. The molecule has 36 heavy (non-hydrogen) atoms. The lowest BCUT2D eigenvalue weighted by Crippen LogP contribution is -2.33. The summed E-state index contributed by atoms with van der Waals surface area (Å²) in [5.41, 5.74) is 5.79. The Kier molecular flexibility index (Phi) is 6.27. The molecule has 2 aliphatic heterocycles. The number of halogens is 1. The lowest BCUT2D eigenvalue weighted by atomic mass is 9.97. The Morgan fingerprint density at radius 3 is 2.61 bits per heavy atom. The molecule has 1 unspecified atom stereocenters. The molecule has 4 aromatic rings. The number of rotatable bonds is 7. The van der Waals surface area contributed by atoms with E-state index in [4.69, 9.17) is 0 Å². The van der Waals surface area contributed by atoms with Crippen LogP contribution in [0.3, 0.4) is 0 Å². The smallest absolute Gasteiger partial charge is 0.237 e. The van der Waals surface area contributed by atoms with E-state index in [1.807, 2.05) is 30.5 Å². The minimum atomic E-state index is -0.371. The molecule has 0 bridgehead atoms. The third-order valence-electron chi connectivity index (χ3n) is 7.63. The molecule has 2 aromatic carbocycles. The number of hydrogen-bond donors (Lipinski definition) is 2. The van der Waals surface area contributed by atoms with Gasteiger partial charge in [0, 0.05) is 70.3 Å². The largest absolute Gasteiger partial charge is 0.361 e. The SMILES string of the molecule is O=C1CC(c2c[nH]c3ccccc23)C(=O)N1CCCCN1CC=C(c2c[nH]c3ccc(Br)cc23)CC1. The van der Waals surface area contributed by atoms with Gasteiger partial charge in [-0.1, -0.05) is 40.2 Å². The van der Waals surface area contributed by atoms with Gasteiger partial charge in [0.25, 0.3) is 0 Å². The van der Waals surface area contributed by atoms with Gasteiger partial charge in [-0.3, -0.25) is 19.4 Å². The molecular formula is C29H29BrN4O2. The number of likely N-dealkylation sites (tertiary alicyclic amines) is 1. The van der Waals surface area contributed by atoms with Crippen LogP contribution in [0.2, 0.25) is 0 Å². The minimum Gasteiger partial charge on any atom is -0.361 e. The van der Waals surface area contributed by atoms with E-state index < -0.39 is 0 Å². The summed E-state index contributed by atoms with van der Waals surface area (Å²) < 4.78 is 1.09. The van der Waals surface area contributed by atoms with Crippen molar-refractivity contribution in [1.82, 2.24) is 19.8 Å². The number of para-hydroxylation sites is 1. The molecule has 0 saturated carbocycles. The number of carbonyl (C=O) groups is 2. The Morgan fingerprint density at radius 1 is 0.944 bits per heavy atom. The summed E-state index contributed by atoms with van der Waals surface area (Å²) in [5.74, 6) is -0.476.